The maximum atomic E-state index is 12.7. The van der Waals surface area contributed by atoms with E-state index in [1.165, 1.54) is 6.26 Å². The van der Waals surface area contributed by atoms with Crippen LogP contribution in [-0.4, -0.2) is 56.1 Å². The van der Waals surface area contributed by atoms with Crippen LogP contribution in [0.15, 0.2) is 65.7 Å². The third kappa shape index (κ3) is 5.58. The van der Waals surface area contributed by atoms with Crippen molar-refractivity contribution >= 4 is 15.7 Å². The number of carbonyl (C=O) groups excluding carboxylic acids is 1. The zero-order valence-corrected chi connectivity index (χ0v) is 24.3. The summed E-state index contributed by atoms with van der Waals surface area (Å²) in [5.41, 5.74) is 3.14. The smallest absolute Gasteiger partial charge is 0.281 e. The first-order valence-electron chi connectivity index (χ1n) is 13.8. The fourth-order valence-electron chi connectivity index (χ4n) is 5.84. The molecule has 1 unspecified atom stereocenters. The second-order valence-electron chi connectivity index (χ2n) is 10.9. The number of rotatable bonds is 8. The van der Waals surface area contributed by atoms with Crippen molar-refractivity contribution in [1.29, 1.82) is 0 Å². The van der Waals surface area contributed by atoms with Crippen LogP contribution in [0.5, 0.6) is 11.5 Å². The van der Waals surface area contributed by atoms with Crippen molar-refractivity contribution in [2.75, 3.05) is 25.9 Å². The van der Waals surface area contributed by atoms with Gasteiger partial charge in [0, 0.05) is 36.5 Å². The number of para-hydroxylation sites is 2. The standard InChI is InChI=1S/C31H37N3O5S/c1-21-13-17-32-23(3)29(21)30(35)33-18-14-22(2)34-19-15-25(16-20-34)31(38-27-7-5-6-8-28(27)39-31)24-9-11-26(12-10-24)40(4,36)37/h5-13,17,22,25H,14-16,18-20H2,1-4H3,(H,33,35). The zero-order chi connectivity index (χ0) is 28.5. The Morgan fingerprint density at radius 3 is 2.25 bits per heavy atom. The molecule has 0 spiro atoms. The highest BCUT2D eigenvalue weighted by Gasteiger charge is 2.51. The van der Waals surface area contributed by atoms with Gasteiger partial charge in [-0.2, -0.15) is 0 Å². The van der Waals surface area contributed by atoms with E-state index in [9.17, 15) is 13.2 Å². The largest absolute Gasteiger partial charge is 0.444 e. The van der Waals surface area contributed by atoms with E-state index >= 15 is 0 Å². The molecule has 9 heteroatoms. The Kier molecular flexibility index (Phi) is 7.88. The van der Waals surface area contributed by atoms with E-state index in [-0.39, 0.29) is 16.7 Å². The monoisotopic (exact) mass is 563 g/mol. The summed E-state index contributed by atoms with van der Waals surface area (Å²) in [6, 6.07) is 16.7. The summed E-state index contributed by atoms with van der Waals surface area (Å²) < 4.78 is 37.2. The van der Waals surface area contributed by atoms with Crippen molar-refractivity contribution in [2.24, 2.45) is 5.92 Å². The summed E-state index contributed by atoms with van der Waals surface area (Å²) >= 11 is 0. The van der Waals surface area contributed by atoms with Crippen molar-refractivity contribution in [3.05, 3.63) is 83.2 Å². The Morgan fingerprint density at radius 1 is 1.05 bits per heavy atom. The lowest BCUT2D eigenvalue weighted by atomic mass is 9.83. The molecule has 1 fully saturated rings. The van der Waals surface area contributed by atoms with Crippen LogP contribution in [0.4, 0.5) is 0 Å². The van der Waals surface area contributed by atoms with E-state index in [0.29, 0.717) is 29.6 Å². The summed E-state index contributed by atoms with van der Waals surface area (Å²) in [6.07, 6.45) is 5.48. The lowest BCUT2D eigenvalue weighted by Crippen LogP contribution is -2.50. The number of fused-ring (bicyclic) bond motifs is 1. The quantitative estimate of drug-likeness (QED) is 0.426. The summed E-state index contributed by atoms with van der Waals surface area (Å²) in [4.78, 5) is 19.7. The van der Waals surface area contributed by atoms with Crippen LogP contribution in [0.25, 0.3) is 0 Å². The third-order valence-corrected chi connectivity index (χ3v) is 9.30. The average Bonchev–Trinajstić information content (AvgIpc) is 3.33. The molecule has 0 saturated carbocycles. The number of pyridine rings is 1. The maximum absolute atomic E-state index is 12.7. The van der Waals surface area contributed by atoms with Gasteiger partial charge in [0.25, 0.3) is 11.7 Å². The van der Waals surface area contributed by atoms with Gasteiger partial charge in [0.2, 0.25) is 0 Å². The highest BCUT2D eigenvalue weighted by molar-refractivity contribution is 7.90. The van der Waals surface area contributed by atoms with Gasteiger partial charge in [-0.15, -0.1) is 0 Å². The number of ether oxygens (including phenoxy) is 2. The Bertz CT molecular complexity index is 1440. The molecule has 0 radical (unpaired) electrons. The number of carbonyl (C=O) groups is 1. The molecule has 1 N–H and O–H groups in total. The molecule has 2 aliphatic heterocycles. The van der Waals surface area contributed by atoms with Gasteiger partial charge in [-0.05, 0) is 101 Å². The molecule has 2 aliphatic rings. The lowest BCUT2D eigenvalue weighted by molar-refractivity contribution is -0.149. The van der Waals surface area contributed by atoms with Gasteiger partial charge in [0.05, 0.1) is 16.2 Å². The highest BCUT2D eigenvalue weighted by Crippen LogP contribution is 2.50. The predicted molar refractivity (Wildman–Crippen MR) is 153 cm³/mol. The van der Waals surface area contributed by atoms with E-state index in [0.717, 1.165) is 49.2 Å². The fraction of sp³-hybridized carbons (Fsp3) is 0.419. The van der Waals surface area contributed by atoms with Gasteiger partial charge in [-0.25, -0.2) is 8.42 Å². The van der Waals surface area contributed by atoms with Crippen LogP contribution >= 0.6 is 0 Å². The molecule has 5 rings (SSSR count). The Labute approximate surface area is 236 Å². The molecular formula is C31H37N3O5S. The second kappa shape index (κ2) is 11.2. The van der Waals surface area contributed by atoms with Crippen molar-refractivity contribution in [2.45, 2.75) is 56.8 Å². The number of benzene rings is 2. The topological polar surface area (TPSA) is 97.8 Å². The number of hydrogen-bond acceptors (Lipinski definition) is 7. The summed E-state index contributed by atoms with van der Waals surface area (Å²) in [6.45, 7) is 8.31. The predicted octanol–water partition coefficient (Wildman–Crippen LogP) is 4.65. The molecule has 2 aromatic carbocycles. The van der Waals surface area contributed by atoms with Gasteiger partial charge in [-0.3, -0.25) is 9.78 Å². The minimum Gasteiger partial charge on any atom is -0.444 e. The molecule has 212 valence electrons. The molecule has 1 atom stereocenters. The number of amides is 1. The second-order valence-corrected chi connectivity index (χ2v) is 12.9. The summed E-state index contributed by atoms with van der Waals surface area (Å²) in [7, 11) is -3.31. The van der Waals surface area contributed by atoms with Crippen LogP contribution < -0.4 is 14.8 Å². The van der Waals surface area contributed by atoms with Crippen LogP contribution in [-0.2, 0) is 15.6 Å². The van der Waals surface area contributed by atoms with Gasteiger partial charge in [0.1, 0.15) is 0 Å². The molecule has 0 bridgehead atoms. The van der Waals surface area contributed by atoms with Crippen molar-refractivity contribution in [1.82, 2.24) is 15.2 Å². The Balaban J connectivity index is 1.24. The van der Waals surface area contributed by atoms with Crippen LogP contribution in [0.3, 0.4) is 0 Å². The fourth-order valence-corrected chi connectivity index (χ4v) is 6.47. The molecule has 1 aromatic heterocycles. The third-order valence-electron chi connectivity index (χ3n) is 8.17. The maximum Gasteiger partial charge on any atom is 0.281 e. The zero-order valence-electron chi connectivity index (χ0n) is 23.5. The van der Waals surface area contributed by atoms with Crippen LogP contribution in [0.2, 0.25) is 0 Å². The first-order chi connectivity index (χ1) is 19.1. The van der Waals surface area contributed by atoms with E-state index in [2.05, 4.69) is 22.1 Å². The molecule has 3 heterocycles. The Hall–Kier alpha value is -3.43. The molecular weight excluding hydrogens is 526 g/mol. The summed E-state index contributed by atoms with van der Waals surface area (Å²) in [5, 5.41) is 3.07. The first kappa shape index (κ1) is 28.1. The van der Waals surface area contributed by atoms with Crippen LogP contribution in [0, 0.1) is 19.8 Å². The SMILES string of the molecule is Cc1ccnc(C)c1C(=O)NCCC(C)N1CCC(C2(c3ccc(S(C)(=O)=O)cc3)Oc3ccccc3O2)CC1. The van der Waals surface area contributed by atoms with Gasteiger partial charge >= 0.3 is 0 Å². The normalized spacial score (nSPS) is 17.9. The minimum absolute atomic E-state index is 0.0728. The number of hydrogen-bond donors (Lipinski definition) is 1. The molecule has 1 saturated heterocycles. The first-order valence-corrected chi connectivity index (χ1v) is 15.7. The molecule has 1 amide bonds. The molecule has 40 heavy (non-hydrogen) atoms. The lowest BCUT2D eigenvalue weighted by Gasteiger charge is -2.42. The number of nitrogens with one attached hydrogen (secondary N) is 1. The number of aryl methyl sites for hydroxylation is 2. The number of likely N-dealkylation sites (tertiary alicyclic amines) is 1. The van der Waals surface area contributed by atoms with E-state index in [1.807, 2.05) is 56.3 Å². The van der Waals surface area contributed by atoms with Crippen molar-refractivity contribution in [3.8, 4) is 11.5 Å². The van der Waals surface area contributed by atoms with Gasteiger partial charge in [0.15, 0.2) is 21.3 Å². The number of sulfone groups is 1. The van der Waals surface area contributed by atoms with Crippen molar-refractivity contribution < 1.29 is 22.7 Å². The molecule has 0 aliphatic carbocycles. The minimum atomic E-state index is -3.31. The van der Waals surface area contributed by atoms with E-state index in [1.54, 1.807) is 18.3 Å². The molecule has 3 aromatic rings. The average molecular weight is 564 g/mol. The molecule has 8 nitrogen and oxygen atoms in total. The van der Waals surface area contributed by atoms with Gasteiger partial charge < -0.3 is 19.7 Å². The number of piperidine rings is 1. The Morgan fingerprint density at radius 2 is 1.68 bits per heavy atom. The van der Waals surface area contributed by atoms with Gasteiger partial charge in [-0.1, -0.05) is 12.1 Å². The number of nitrogens with zero attached hydrogens (tertiary/aromatic N) is 2. The van der Waals surface area contributed by atoms with E-state index < -0.39 is 15.6 Å². The summed E-state index contributed by atoms with van der Waals surface area (Å²) in [5.74, 6) is 0.375. The number of aromatic nitrogens is 1. The van der Waals surface area contributed by atoms with Crippen molar-refractivity contribution in [3.63, 3.8) is 0 Å². The highest BCUT2D eigenvalue weighted by atomic mass is 32.2. The van der Waals surface area contributed by atoms with E-state index in [4.69, 9.17) is 9.47 Å². The van der Waals surface area contributed by atoms with Crippen LogP contribution in [0.1, 0.15) is 53.4 Å².